The van der Waals surface area contributed by atoms with Crippen LogP contribution in [0.15, 0.2) is 18.2 Å². The monoisotopic (exact) mass is 428 g/mol. The number of imide groups is 2. The number of benzene rings is 1. The third-order valence-electron chi connectivity index (χ3n) is 5.51. The normalized spacial score (nSPS) is 18.1. The first-order valence-electron chi connectivity index (χ1n) is 10.7. The van der Waals surface area contributed by atoms with Gasteiger partial charge in [-0.25, -0.2) is 0 Å². The molecule has 1 fully saturated rings. The largest absolute Gasteiger partial charge is 0.384 e. The molecule has 1 saturated heterocycles. The number of hydrogen-bond donors (Lipinski definition) is 3. The Morgan fingerprint density at radius 2 is 1.74 bits per heavy atom. The predicted octanol–water partition coefficient (Wildman–Crippen LogP) is 1.59. The Morgan fingerprint density at radius 3 is 2.45 bits per heavy atom. The highest BCUT2D eigenvalue weighted by atomic mass is 16.2. The summed E-state index contributed by atoms with van der Waals surface area (Å²) in [4.78, 5) is 61.2. The summed E-state index contributed by atoms with van der Waals surface area (Å²) in [5, 5.41) is 8.22. The minimum Gasteiger partial charge on any atom is -0.384 e. The SMILES string of the molecule is CC(=O)NCCCCCCCNc1cccc2c1C(=O)N(C1CCC(=O)NC1=O)C2=O. The second-order valence-electron chi connectivity index (χ2n) is 7.85. The summed E-state index contributed by atoms with van der Waals surface area (Å²) in [6, 6.07) is 4.09. The third kappa shape index (κ3) is 5.28. The van der Waals surface area contributed by atoms with E-state index in [2.05, 4.69) is 16.0 Å². The molecule has 0 aromatic heterocycles. The predicted molar refractivity (Wildman–Crippen MR) is 113 cm³/mol. The maximum absolute atomic E-state index is 13.0. The first-order valence-corrected chi connectivity index (χ1v) is 10.7. The fourth-order valence-electron chi connectivity index (χ4n) is 3.93. The maximum atomic E-state index is 13.0. The zero-order chi connectivity index (χ0) is 22.4. The highest BCUT2D eigenvalue weighted by molar-refractivity contribution is 6.25. The molecule has 3 rings (SSSR count). The van der Waals surface area contributed by atoms with Crippen molar-refractivity contribution in [1.82, 2.24) is 15.5 Å². The summed E-state index contributed by atoms with van der Waals surface area (Å²) < 4.78 is 0. The van der Waals surface area contributed by atoms with Crippen LogP contribution in [0.25, 0.3) is 0 Å². The maximum Gasteiger partial charge on any atom is 0.264 e. The number of nitrogens with one attached hydrogen (secondary N) is 3. The van der Waals surface area contributed by atoms with Crippen molar-refractivity contribution >= 4 is 35.2 Å². The molecule has 3 N–H and O–H groups in total. The van der Waals surface area contributed by atoms with E-state index < -0.39 is 29.7 Å². The van der Waals surface area contributed by atoms with Gasteiger partial charge in [-0.2, -0.15) is 0 Å². The number of anilines is 1. The van der Waals surface area contributed by atoms with Gasteiger partial charge >= 0.3 is 0 Å². The van der Waals surface area contributed by atoms with Crippen LogP contribution >= 0.6 is 0 Å². The molecule has 31 heavy (non-hydrogen) atoms. The molecule has 0 bridgehead atoms. The van der Waals surface area contributed by atoms with Crippen LogP contribution < -0.4 is 16.0 Å². The first-order chi connectivity index (χ1) is 14.9. The Balaban J connectivity index is 1.53. The molecular formula is C22H28N4O5. The van der Waals surface area contributed by atoms with Crippen LogP contribution in [0.3, 0.4) is 0 Å². The van der Waals surface area contributed by atoms with Crippen molar-refractivity contribution in [3.05, 3.63) is 29.3 Å². The van der Waals surface area contributed by atoms with Gasteiger partial charge in [0.15, 0.2) is 0 Å². The molecule has 2 aliphatic heterocycles. The molecule has 0 radical (unpaired) electrons. The van der Waals surface area contributed by atoms with Gasteiger partial charge in [0.05, 0.1) is 11.1 Å². The van der Waals surface area contributed by atoms with E-state index in [4.69, 9.17) is 0 Å². The van der Waals surface area contributed by atoms with Gasteiger partial charge in [-0.05, 0) is 31.4 Å². The van der Waals surface area contributed by atoms with E-state index in [1.54, 1.807) is 18.2 Å². The van der Waals surface area contributed by atoms with Gasteiger partial charge in [0.25, 0.3) is 11.8 Å². The van der Waals surface area contributed by atoms with Crippen molar-refractivity contribution in [1.29, 1.82) is 0 Å². The lowest BCUT2D eigenvalue weighted by atomic mass is 10.0. The molecule has 1 atom stereocenters. The zero-order valence-electron chi connectivity index (χ0n) is 17.7. The molecule has 2 heterocycles. The molecule has 1 aromatic carbocycles. The van der Waals surface area contributed by atoms with Crippen molar-refractivity contribution in [2.45, 2.75) is 57.9 Å². The molecule has 1 unspecified atom stereocenters. The molecule has 166 valence electrons. The number of unbranched alkanes of at least 4 members (excludes halogenated alkanes) is 4. The van der Waals surface area contributed by atoms with E-state index in [-0.39, 0.29) is 29.9 Å². The topological polar surface area (TPSA) is 125 Å². The zero-order valence-corrected chi connectivity index (χ0v) is 17.7. The van der Waals surface area contributed by atoms with E-state index in [1.807, 2.05) is 0 Å². The summed E-state index contributed by atoms with van der Waals surface area (Å²) in [6.45, 7) is 2.86. The Bertz CT molecular complexity index is 898. The van der Waals surface area contributed by atoms with Gasteiger partial charge in [-0.1, -0.05) is 25.3 Å². The second kappa shape index (κ2) is 10.2. The van der Waals surface area contributed by atoms with Crippen molar-refractivity contribution in [2.75, 3.05) is 18.4 Å². The quantitative estimate of drug-likeness (QED) is 0.384. The standard InChI is InChI=1S/C22H28N4O5/c1-14(27)23-12-5-3-2-4-6-13-24-16-9-7-8-15-19(16)22(31)26(21(15)30)17-10-11-18(28)25-20(17)29/h7-9,17,24H,2-6,10-13H2,1H3,(H,23,27)(H,25,28,29). The summed E-state index contributed by atoms with van der Waals surface area (Å²) in [7, 11) is 0. The number of rotatable bonds is 10. The van der Waals surface area contributed by atoms with Crippen LogP contribution in [0.1, 0.15) is 72.6 Å². The molecule has 9 nitrogen and oxygen atoms in total. The van der Waals surface area contributed by atoms with Crippen LogP contribution in [0.2, 0.25) is 0 Å². The van der Waals surface area contributed by atoms with E-state index in [0.29, 0.717) is 18.8 Å². The van der Waals surface area contributed by atoms with Crippen LogP contribution in [0.4, 0.5) is 5.69 Å². The van der Waals surface area contributed by atoms with E-state index in [0.717, 1.165) is 37.0 Å². The van der Waals surface area contributed by atoms with E-state index in [1.165, 1.54) is 6.92 Å². The van der Waals surface area contributed by atoms with Gasteiger partial charge in [-0.3, -0.25) is 34.2 Å². The van der Waals surface area contributed by atoms with Crippen molar-refractivity contribution in [3.63, 3.8) is 0 Å². The van der Waals surface area contributed by atoms with Crippen molar-refractivity contribution in [3.8, 4) is 0 Å². The fourth-order valence-corrected chi connectivity index (χ4v) is 3.93. The Morgan fingerprint density at radius 1 is 1.03 bits per heavy atom. The van der Waals surface area contributed by atoms with Gasteiger partial charge in [0.1, 0.15) is 6.04 Å². The molecular weight excluding hydrogens is 400 g/mol. The molecule has 5 amide bonds. The minimum absolute atomic E-state index is 0.0104. The highest BCUT2D eigenvalue weighted by Gasteiger charge is 2.45. The second-order valence-corrected chi connectivity index (χ2v) is 7.85. The minimum atomic E-state index is -0.963. The van der Waals surface area contributed by atoms with E-state index >= 15 is 0 Å². The molecule has 2 aliphatic rings. The average Bonchev–Trinajstić information content (AvgIpc) is 2.98. The Kier molecular flexibility index (Phi) is 7.38. The van der Waals surface area contributed by atoms with E-state index in [9.17, 15) is 24.0 Å². The lowest BCUT2D eigenvalue weighted by Crippen LogP contribution is -2.54. The number of nitrogens with zero attached hydrogens (tertiary/aromatic N) is 1. The number of carbonyl (C=O) groups excluding carboxylic acids is 5. The average molecular weight is 428 g/mol. The smallest absolute Gasteiger partial charge is 0.264 e. The van der Waals surface area contributed by atoms with Gasteiger partial charge < -0.3 is 10.6 Å². The number of piperidine rings is 1. The lowest BCUT2D eigenvalue weighted by molar-refractivity contribution is -0.136. The Hall–Kier alpha value is -3.23. The number of hydrogen-bond acceptors (Lipinski definition) is 6. The van der Waals surface area contributed by atoms with Crippen LogP contribution in [0.5, 0.6) is 0 Å². The summed E-state index contributed by atoms with van der Waals surface area (Å²) in [5.41, 5.74) is 1.14. The van der Waals surface area contributed by atoms with Crippen molar-refractivity contribution in [2.24, 2.45) is 0 Å². The molecule has 0 aliphatic carbocycles. The van der Waals surface area contributed by atoms with Crippen LogP contribution in [-0.4, -0.2) is 53.6 Å². The summed E-state index contributed by atoms with van der Waals surface area (Å²) in [6.07, 6.45) is 5.19. The third-order valence-corrected chi connectivity index (χ3v) is 5.51. The highest BCUT2D eigenvalue weighted by Crippen LogP contribution is 2.32. The summed E-state index contributed by atoms with van der Waals surface area (Å²) in [5.74, 6) is -2.02. The molecule has 0 saturated carbocycles. The van der Waals surface area contributed by atoms with Gasteiger partial charge in [0, 0.05) is 32.1 Å². The van der Waals surface area contributed by atoms with Crippen LogP contribution in [-0.2, 0) is 14.4 Å². The van der Waals surface area contributed by atoms with Crippen LogP contribution in [0, 0.1) is 0 Å². The number of fused-ring (bicyclic) bond motifs is 1. The first kappa shape index (κ1) is 22.5. The molecule has 0 spiro atoms. The Labute approximate surface area is 180 Å². The lowest BCUT2D eigenvalue weighted by Gasteiger charge is -2.27. The van der Waals surface area contributed by atoms with Gasteiger partial charge in [-0.15, -0.1) is 0 Å². The van der Waals surface area contributed by atoms with Gasteiger partial charge in [0.2, 0.25) is 17.7 Å². The van der Waals surface area contributed by atoms with Crippen molar-refractivity contribution < 1.29 is 24.0 Å². The number of amides is 5. The molecule has 1 aromatic rings. The fraction of sp³-hybridized carbons (Fsp3) is 0.500. The molecule has 9 heteroatoms. The summed E-state index contributed by atoms with van der Waals surface area (Å²) >= 11 is 0. The number of carbonyl (C=O) groups is 5.